The molecule has 0 aromatic heterocycles. The number of carboxylic acid groups (broad SMARTS) is 1. The molecule has 0 heterocycles. The second kappa shape index (κ2) is 10.9. The summed E-state index contributed by atoms with van der Waals surface area (Å²) in [7, 11) is 0. The second-order valence-electron chi connectivity index (χ2n) is 7.67. The number of ether oxygens (including phenoxy) is 2. The summed E-state index contributed by atoms with van der Waals surface area (Å²) in [4.78, 5) is 24.5. The third kappa shape index (κ3) is 6.75. The molecule has 166 valence electrons. The number of carbonyl (C=O) groups excluding carboxylic acids is 1. The van der Waals surface area contributed by atoms with Gasteiger partial charge in [-0.15, -0.1) is 0 Å². The van der Waals surface area contributed by atoms with Gasteiger partial charge in [-0.05, 0) is 61.8 Å². The number of aliphatic carboxylic acids is 1. The van der Waals surface area contributed by atoms with Crippen LogP contribution in [0.3, 0.4) is 0 Å². The van der Waals surface area contributed by atoms with Crippen molar-refractivity contribution >= 4 is 23.4 Å². The standard InChI is InChI=1S/C23H25F2NO5/c24-18-10-19(25)12-21(11-18)26(20-4-2-1-3-5-20)23(29)31-14-17-8-6-16(7-9-17)13-30-15-22(27)28/h1-5,10-12,16-17H,6-9,13-15H2,(H,27,28). The van der Waals surface area contributed by atoms with Crippen molar-refractivity contribution in [3.63, 3.8) is 0 Å². The third-order valence-corrected chi connectivity index (χ3v) is 5.29. The van der Waals surface area contributed by atoms with E-state index in [4.69, 9.17) is 14.6 Å². The summed E-state index contributed by atoms with van der Waals surface area (Å²) in [6.07, 6.45) is 2.67. The van der Waals surface area contributed by atoms with Crippen molar-refractivity contribution in [2.75, 3.05) is 24.7 Å². The molecule has 31 heavy (non-hydrogen) atoms. The molecule has 0 spiro atoms. The van der Waals surface area contributed by atoms with Crippen LogP contribution in [0.5, 0.6) is 0 Å². The zero-order chi connectivity index (χ0) is 22.2. The minimum absolute atomic E-state index is 0.0491. The first-order valence-electron chi connectivity index (χ1n) is 10.2. The lowest BCUT2D eigenvalue weighted by Crippen LogP contribution is -2.30. The molecule has 1 aliphatic carbocycles. The zero-order valence-corrected chi connectivity index (χ0v) is 17.0. The lowest BCUT2D eigenvalue weighted by molar-refractivity contribution is -0.142. The van der Waals surface area contributed by atoms with Crippen LogP contribution >= 0.6 is 0 Å². The SMILES string of the molecule is O=C(O)COCC1CCC(COC(=O)N(c2ccccc2)c2cc(F)cc(F)c2)CC1. The fraction of sp³-hybridized carbons (Fsp3) is 0.391. The molecule has 2 aromatic rings. The van der Waals surface area contributed by atoms with Crippen LogP contribution in [0.2, 0.25) is 0 Å². The van der Waals surface area contributed by atoms with Gasteiger partial charge >= 0.3 is 12.1 Å². The number of para-hydroxylation sites is 1. The van der Waals surface area contributed by atoms with Gasteiger partial charge in [0, 0.05) is 6.07 Å². The Morgan fingerprint density at radius 3 is 2.06 bits per heavy atom. The smallest absolute Gasteiger partial charge is 0.418 e. The van der Waals surface area contributed by atoms with E-state index in [1.807, 2.05) is 0 Å². The summed E-state index contributed by atoms with van der Waals surface area (Å²) in [6, 6.07) is 11.4. The first-order chi connectivity index (χ1) is 14.9. The summed E-state index contributed by atoms with van der Waals surface area (Å²) in [6.45, 7) is 0.307. The predicted octanol–water partition coefficient (Wildman–Crippen LogP) is 5.15. The van der Waals surface area contributed by atoms with E-state index in [-0.39, 0.29) is 24.8 Å². The van der Waals surface area contributed by atoms with Gasteiger partial charge in [0.25, 0.3) is 0 Å². The topological polar surface area (TPSA) is 76.1 Å². The van der Waals surface area contributed by atoms with Crippen molar-refractivity contribution in [2.24, 2.45) is 11.8 Å². The van der Waals surface area contributed by atoms with Crippen molar-refractivity contribution in [1.29, 1.82) is 0 Å². The quantitative estimate of drug-likeness (QED) is 0.623. The first kappa shape index (κ1) is 22.7. The highest BCUT2D eigenvalue weighted by molar-refractivity contribution is 5.95. The fourth-order valence-corrected chi connectivity index (χ4v) is 3.74. The fourth-order valence-electron chi connectivity index (χ4n) is 3.74. The van der Waals surface area contributed by atoms with Gasteiger partial charge in [0.05, 0.1) is 24.6 Å². The van der Waals surface area contributed by atoms with E-state index in [2.05, 4.69) is 0 Å². The summed E-state index contributed by atoms with van der Waals surface area (Å²) in [5.41, 5.74) is 0.491. The Labute approximate surface area is 179 Å². The molecule has 1 aliphatic rings. The molecule has 8 heteroatoms. The number of benzene rings is 2. The molecule has 0 aliphatic heterocycles. The number of halogens is 2. The monoisotopic (exact) mass is 433 g/mol. The molecule has 0 unspecified atom stereocenters. The van der Waals surface area contributed by atoms with E-state index >= 15 is 0 Å². The maximum absolute atomic E-state index is 13.8. The minimum atomic E-state index is -0.984. The highest BCUT2D eigenvalue weighted by atomic mass is 19.1. The van der Waals surface area contributed by atoms with Crippen molar-refractivity contribution in [2.45, 2.75) is 25.7 Å². The molecule has 3 rings (SSSR count). The van der Waals surface area contributed by atoms with Gasteiger partial charge in [-0.1, -0.05) is 18.2 Å². The third-order valence-electron chi connectivity index (χ3n) is 5.29. The van der Waals surface area contributed by atoms with Gasteiger partial charge < -0.3 is 14.6 Å². The molecule has 1 fully saturated rings. The van der Waals surface area contributed by atoms with Crippen LogP contribution in [-0.4, -0.2) is 37.0 Å². The Morgan fingerprint density at radius 1 is 0.903 bits per heavy atom. The van der Waals surface area contributed by atoms with Crippen LogP contribution in [0.4, 0.5) is 25.0 Å². The lowest BCUT2D eigenvalue weighted by atomic mass is 9.83. The maximum atomic E-state index is 13.8. The minimum Gasteiger partial charge on any atom is -0.480 e. The van der Waals surface area contributed by atoms with E-state index in [1.54, 1.807) is 30.3 Å². The summed E-state index contributed by atoms with van der Waals surface area (Å²) in [5, 5.41) is 8.63. The molecule has 1 amide bonds. The van der Waals surface area contributed by atoms with Crippen LogP contribution < -0.4 is 4.90 Å². The zero-order valence-electron chi connectivity index (χ0n) is 17.0. The van der Waals surface area contributed by atoms with E-state index in [0.29, 0.717) is 18.2 Å². The highest BCUT2D eigenvalue weighted by Crippen LogP contribution is 2.31. The van der Waals surface area contributed by atoms with E-state index in [1.165, 1.54) is 0 Å². The first-order valence-corrected chi connectivity index (χ1v) is 10.2. The van der Waals surface area contributed by atoms with Gasteiger partial charge in [-0.2, -0.15) is 0 Å². The van der Waals surface area contributed by atoms with Gasteiger partial charge in [-0.25, -0.2) is 23.3 Å². The molecule has 6 nitrogen and oxygen atoms in total. The Balaban J connectivity index is 1.58. The number of carboxylic acids is 1. The van der Waals surface area contributed by atoms with Crippen molar-refractivity contribution < 1.29 is 33.0 Å². The number of hydrogen-bond acceptors (Lipinski definition) is 4. The number of carbonyl (C=O) groups is 2. The van der Waals surface area contributed by atoms with E-state index in [9.17, 15) is 18.4 Å². The molecule has 1 saturated carbocycles. The summed E-state index contributed by atoms with van der Waals surface area (Å²) < 4.78 is 38.2. The second-order valence-corrected chi connectivity index (χ2v) is 7.67. The van der Waals surface area contributed by atoms with Crippen molar-refractivity contribution in [3.05, 3.63) is 60.2 Å². The van der Waals surface area contributed by atoms with Crippen LogP contribution in [0.15, 0.2) is 48.5 Å². The Bertz CT molecular complexity index is 865. The van der Waals surface area contributed by atoms with Crippen LogP contribution in [-0.2, 0) is 14.3 Å². The molecule has 2 aromatic carbocycles. The van der Waals surface area contributed by atoms with Gasteiger partial charge in [-0.3, -0.25) is 0 Å². The van der Waals surface area contributed by atoms with Crippen LogP contribution in [0.25, 0.3) is 0 Å². The summed E-state index contributed by atoms with van der Waals surface area (Å²) >= 11 is 0. The number of nitrogens with zero attached hydrogens (tertiary/aromatic N) is 1. The molecule has 0 bridgehead atoms. The highest BCUT2D eigenvalue weighted by Gasteiger charge is 2.25. The number of rotatable bonds is 8. The molecule has 0 saturated heterocycles. The van der Waals surface area contributed by atoms with Crippen LogP contribution in [0, 0.1) is 23.5 Å². The number of anilines is 2. The van der Waals surface area contributed by atoms with Crippen molar-refractivity contribution in [1.82, 2.24) is 0 Å². The lowest BCUT2D eigenvalue weighted by Gasteiger charge is -2.29. The molecular formula is C23H25F2NO5. The molecule has 1 N–H and O–H groups in total. The van der Waals surface area contributed by atoms with Gasteiger partial charge in [0.1, 0.15) is 18.2 Å². The molecular weight excluding hydrogens is 408 g/mol. The number of amides is 1. The van der Waals surface area contributed by atoms with E-state index in [0.717, 1.165) is 48.8 Å². The average Bonchev–Trinajstić information content (AvgIpc) is 2.73. The average molecular weight is 433 g/mol. The Hall–Kier alpha value is -3.00. The van der Waals surface area contributed by atoms with E-state index < -0.39 is 23.7 Å². The van der Waals surface area contributed by atoms with Crippen LogP contribution in [0.1, 0.15) is 25.7 Å². The molecule has 0 atom stereocenters. The van der Waals surface area contributed by atoms with Gasteiger partial charge in [0.2, 0.25) is 0 Å². The Kier molecular flexibility index (Phi) is 7.94. The normalized spacial score (nSPS) is 18.4. The maximum Gasteiger partial charge on any atom is 0.418 e. The largest absolute Gasteiger partial charge is 0.480 e. The molecule has 0 radical (unpaired) electrons. The number of hydrogen-bond donors (Lipinski definition) is 1. The predicted molar refractivity (Wildman–Crippen MR) is 110 cm³/mol. The Morgan fingerprint density at radius 2 is 1.48 bits per heavy atom. The summed E-state index contributed by atoms with van der Waals surface area (Å²) in [5.74, 6) is -2.09. The van der Waals surface area contributed by atoms with Crippen molar-refractivity contribution in [3.8, 4) is 0 Å². The van der Waals surface area contributed by atoms with Gasteiger partial charge in [0.15, 0.2) is 0 Å².